The molecule has 2 heterocycles. The highest BCUT2D eigenvalue weighted by Crippen LogP contribution is 2.32. The maximum absolute atomic E-state index is 14.2. The van der Waals surface area contributed by atoms with Gasteiger partial charge >= 0.3 is 0 Å². The number of rotatable bonds is 9. The van der Waals surface area contributed by atoms with Gasteiger partial charge in [-0.05, 0) is 85.6 Å². The van der Waals surface area contributed by atoms with Gasteiger partial charge in [0.2, 0.25) is 0 Å². The molecular formula is C36H29BrClN3O4S. The fourth-order valence-corrected chi connectivity index (χ4v) is 6.69. The minimum absolute atomic E-state index is 0.279. The van der Waals surface area contributed by atoms with Crippen molar-refractivity contribution in [1.29, 1.82) is 0 Å². The number of para-hydroxylation sites is 1. The Hall–Kier alpha value is -4.44. The van der Waals surface area contributed by atoms with Crippen LogP contribution < -0.4 is 29.7 Å². The van der Waals surface area contributed by atoms with E-state index in [-0.39, 0.29) is 11.5 Å². The molecular weight excluding hydrogens is 686 g/mol. The van der Waals surface area contributed by atoms with Crippen LogP contribution in [-0.4, -0.2) is 17.1 Å². The van der Waals surface area contributed by atoms with E-state index in [0.29, 0.717) is 61.6 Å². The monoisotopic (exact) mass is 713 g/mol. The van der Waals surface area contributed by atoms with Crippen LogP contribution in [0.3, 0.4) is 0 Å². The number of aromatic nitrogens is 1. The van der Waals surface area contributed by atoms with Crippen molar-refractivity contribution in [2.24, 2.45) is 4.99 Å². The summed E-state index contributed by atoms with van der Waals surface area (Å²) in [7, 11) is 0. The number of carbonyl (C=O) groups is 1. The standard InChI is InChI=1S/C36H29BrClN3O4S/c1-3-44-29-16-11-24(12-17-29)33-32(34(42)40-28-7-5-4-6-8-28)22(2)39-36-41(33)35(43)31(46-36)20-25-19-27(38)15-18-30(25)45-21-23-9-13-26(37)14-10-23/h4-20,33H,3,21H2,1-2H3,(H,40,42)/b31-20-/t33-/m0/s1. The Morgan fingerprint density at radius 1 is 1.02 bits per heavy atom. The number of hydrogen-bond donors (Lipinski definition) is 1. The van der Waals surface area contributed by atoms with Crippen molar-refractivity contribution < 1.29 is 14.3 Å². The van der Waals surface area contributed by atoms with Crippen molar-refractivity contribution in [1.82, 2.24) is 4.57 Å². The molecule has 1 aliphatic rings. The Bertz CT molecular complexity index is 2110. The summed E-state index contributed by atoms with van der Waals surface area (Å²) in [5, 5.41) is 3.49. The molecule has 1 aliphatic heterocycles. The minimum atomic E-state index is -0.717. The summed E-state index contributed by atoms with van der Waals surface area (Å²) in [6, 6.07) is 29.1. The lowest BCUT2D eigenvalue weighted by Gasteiger charge is -2.25. The summed E-state index contributed by atoms with van der Waals surface area (Å²) < 4.78 is 14.8. The number of benzene rings is 4. The van der Waals surface area contributed by atoms with Crippen LogP contribution in [-0.2, 0) is 11.4 Å². The van der Waals surface area contributed by atoms with Gasteiger partial charge in [-0.15, -0.1) is 0 Å². The highest BCUT2D eigenvalue weighted by Gasteiger charge is 2.32. The van der Waals surface area contributed by atoms with Crippen molar-refractivity contribution in [2.75, 3.05) is 11.9 Å². The molecule has 1 aromatic heterocycles. The van der Waals surface area contributed by atoms with E-state index in [0.717, 1.165) is 15.6 Å². The molecule has 46 heavy (non-hydrogen) atoms. The number of nitrogens with one attached hydrogen (secondary N) is 1. The molecule has 0 radical (unpaired) electrons. The van der Waals surface area contributed by atoms with Crippen LogP contribution in [0.4, 0.5) is 5.69 Å². The molecule has 0 spiro atoms. The van der Waals surface area contributed by atoms with E-state index in [1.807, 2.05) is 85.8 Å². The topological polar surface area (TPSA) is 81.9 Å². The zero-order valence-corrected chi connectivity index (χ0v) is 28.2. The number of amides is 1. The molecule has 0 bridgehead atoms. The number of ether oxygens (including phenoxy) is 2. The van der Waals surface area contributed by atoms with Crippen LogP contribution in [0.5, 0.6) is 11.5 Å². The van der Waals surface area contributed by atoms with Crippen molar-refractivity contribution in [3.8, 4) is 11.5 Å². The second kappa shape index (κ2) is 13.9. The number of halogens is 2. The number of hydrogen-bond acceptors (Lipinski definition) is 6. The lowest BCUT2D eigenvalue weighted by molar-refractivity contribution is -0.113. The molecule has 10 heteroatoms. The van der Waals surface area contributed by atoms with Gasteiger partial charge in [0, 0.05) is 20.7 Å². The average Bonchev–Trinajstić information content (AvgIpc) is 3.35. The van der Waals surface area contributed by atoms with E-state index in [4.69, 9.17) is 26.1 Å². The van der Waals surface area contributed by atoms with Gasteiger partial charge in [0.25, 0.3) is 11.5 Å². The highest BCUT2D eigenvalue weighted by molar-refractivity contribution is 9.10. The molecule has 6 rings (SSSR count). The Morgan fingerprint density at radius 2 is 1.76 bits per heavy atom. The van der Waals surface area contributed by atoms with E-state index in [1.54, 1.807) is 35.8 Å². The minimum Gasteiger partial charge on any atom is -0.494 e. The number of allylic oxidation sites excluding steroid dienone is 1. The predicted molar refractivity (Wildman–Crippen MR) is 186 cm³/mol. The first-order valence-corrected chi connectivity index (χ1v) is 16.6. The quantitative estimate of drug-likeness (QED) is 0.174. The van der Waals surface area contributed by atoms with Gasteiger partial charge in [0.05, 0.1) is 28.5 Å². The largest absolute Gasteiger partial charge is 0.494 e. The molecule has 0 fully saturated rings. The van der Waals surface area contributed by atoms with Crippen LogP contribution >= 0.6 is 38.9 Å². The van der Waals surface area contributed by atoms with Gasteiger partial charge in [-0.1, -0.05) is 81.3 Å². The Labute approximate surface area is 283 Å². The molecule has 1 amide bonds. The fourth-order valence-electron chi connectivity index (χ4n) is 5.21. The van der Waals surface area contributed by atoms with Crippen molar-refractivity contribution in [3.63, 3.8) is 0 Å². The highest BCUT2D eigenvalue weighted by atomic mass is 79.9. The third-order valence-corrected chi connectivity index (χ3v) is 9.12. The normalized spacial score (nSPS) is 14.4. The second-order valence-electron chi connectivity index (χ2n) is 10.5. The molecule has 0 unspecified atom stereocenters. The molecule has 7 nitrogen and oxygen atoms in total. The van der Waals surface area contributed by atoms with Crippen LogP contribution in [0, 0.1) is 0 Å². The summed E-state index contributed by atoms with van der Waals surface area (Å²) >= 11 is 11.1. The van der Waals surface area contributed by atoms with Crippen LogP contribution in [0.15, 0.2) is 123 Å². The summed E-state index contributed by atoms with van der Waals surface area (Å²) in [6.45, 7) is 4.58. The maximum Gasteiger partial charge on any atom is 0.271 e. The van der Waals surface area contributed by atoms with Gasteiger partial charge in [-0.3, -0.25) is 14.2 Å². The Kier molecular flexibility index (Phi) is 9.53. The number of fused-ring (bicyclic) bond motifs is 1. The average molecular weight is 715 g/mol. The van der Waals surface area contributed by atoms with Gasteiger partial charge in [-0.25, -0.2) is 4.99 Å². The first-order valence-electron chi connectivity index (χ1n) is 14.6. The smallest absolute Gasteiger partial charge is 0.271 e. The number of anilines is 1. The summed E-state index contributed by atoms with van der Waals surface area (Å²) in [6.07, 6.45) is 1.77. The summed E-state index contributed by atoms with van der Waals surface area (Å²) in [5.41, 5.74) is 3.69. The number of nitrogens with zero attached hydrogens (tertiary/aromatic N) is 2. The molecule has 5 aromatic rings. The Balaban J connectivity index is 1.43. The lowest BCUT2D eigenvalue weighted by Crippen LogP contribution is -2.40. The van der Waals surface area contributed by atoms with E-state index in [2.05, 4.69) is 21.2 Å². The van der Waals surface area contributed by atoms with Crippen LogP contribution in [0.25, 0.3) is 6.08 Å². The predicted octanol–water partition coefficient (Wildman–Crippen LogP) is 7.27. The lowest BCUT2D eigenvalue weighted by atomic mass is 9.95. The second-order valence-corrected chi connectivity index (χ2v) is 12.9. The van der Waals surface area contributed by atoms with Gasteiger partial charge < -0.3 is 14.8 Å². The van der Waals surface area contributed by atoms with Crippen LogP contribution in [0.2, 0.25) is 5.02 Å². The first-order chi connectivity index (χ1) is 22.3. The summed E-state index contributed by atoms with van der Waals surface area (Å²) in [4.78, 5) is 33.3. The first kappa shape index (κ1) is 31.5. The molecule has 232 valence electrons. The molecule has 1 N–H and O–H groups in total. The van der Waals surface area contributed by atoms with Crippen molar-refractivity contribution >= 4 is 56.5 Å². The number of carbonyl (C=O) groups excluding carboxylic acids is 1. The van der Waals surface area contributed by atoms with Crippen molar-refractivity contribution in [2.45, 2.75) is 26.5 Å². The maximum atomic E-state index is 14.2. The van der Waals surface area contributed by atoms with E-state index < -0.39 is 6.04 Å². The van der Waals surface area contributed by atoms with Gasteiger partial charge in [-0.2, -0.15) is 0 Å². The third kappa shape index (κ3) is 6.87. The zero-order valence-electron chi connectivity index (χ0n) is 25.0. The van der Waals surface area contributed by atoms with Crippen molar-refractivity contribution in [3.05, 3.63) is 154 Å². The van der Waals surface area contributed by atoms with Gasteiger partial charge in [0.15, 0.2) is 4.80 Å². The SMILES string of the molecule is CCOc1ccc([C@H]2C(C(=O)Nc3ccccc3)=C(C)N=c3s/c(=C\c4cc(Cl)ccc4OCc4ccc(Br)cc4)c(=O)n32)cc1. The van der Waals surface area contributed by atoms with E-state index in [9.17, 15) is 9.59 Å². The molecule has 0 saturated carbocycles. The molecule has 0 saturated heterocycles. The zero-order chi connectivity index (χ0) is 32.2. The van der Waals surface area contributed by atoms with Crippen LogP contribution in [0.1, 0.15) is 36.6 Å². The van der Waals surface area contributed by atoms with E-state index >= 15 is 0 Å². The number of thiazole rings is 1. The van der Waals surface area contributed by atoms with Gasteiger partial charge in [0.1, 0.15) is 18.1 Å². The molecule has 4 aromatic carbocycles. The molecule has 0 aliphatic carbocycles. The molecule has 1 atom stereocenters. The fraction of sp³-hybridized carbons (Fsp3) is 0.139. The van der Waals surface area contributed by atoms with E-state index in [1.165, 1.54) is 11.3 Å². The third-order valence-electron chi connectivity index (χ3n) is 7.37. The summed E-state index contributed by atoms with van der Waals surface area (Å²) in [5.74, 6) is 0.950. The Morgan fingerprint density at radius 3 is 2.48 bits per heavy atom.